The predicted octanol–water partition coefficient (Wildman–Crippen LogP) is 0.647. The Labute approximate surface area is 83.8 Å². The van der Waals surface area contributed by atoms with E-state index in [4.69, 9.17) is 15.6 Å². The summed E-state index contributed by atoms with van der Waals surface area (Å²) >= 11 is 0. The van der Waals surface area contributed by atoms with Crippen molar-refractivity contribution in [2.45, 2.75) is 44.6 Å². The fourth-order valence-corrected chi connectivity index (χ4v) is 1.77. The van der Waals surface area contributed by atoms with Crippen LogP contribution in [0.4, 0.5) is 0 Å². The molecule has 1 amide bonds. The van der Waals surface area contributed by atoms with Crippen LogP contribution in [0.15, 0.2) is 0 Å². The molecule has 0 spiro atoms. The van der Waals surface area contributed by atoms with E-state index in [0.717, 1.165) is 19.3 Å². The molecule has 1 rings (SSSR count). The van der Waals surface area contributed by atoms with Crippen LogP contribution in [0, 0.1) is 0 Å². The molecule has 5 heteroatoms. The molecule has 0 aromatic heterocycles. The van der Waals surface area contributed by atoms with Crippen LogP contribution in [-0.2, 0) is 14.6 Å². The summed E-state index contributed by atoms with van der Waals surface area (Å²) < 4.78 is 0. The van der Waals surface area contributed by atoms with Gasteiger partial charge in [0.1, 0.15) is 0 Å². The van der Waals surface area contributed by atoms with Crippen LogP contribution in [0.3, 0.4) is 0 Å². The number of hydrogen-bond acceptors (Lipinski definition) is 4. The van der Waals surface area contributed by atoms with Gasteiger partial charge in [0.15, 0.2) is 5.60 Å². The molecule has 3 N–H and O–H groups in total. The van der Waals surface area contributed by atoms with Gasteiger partial charge >= 0.3 is 0 Å². The van der Waals surface area contributed by atoms with Gasteiger partial charge in [-0.3, -0.25) is 10.2 Å². The molecule has 0 unspecified atom stereocenters. The molecule has 1 aliphatic rings. The first-order valence-electron chi connectivity index (χ1n) is 5.07. The van der Waals surface area contributed by atoms with Crippen molar-refractivity contribution in [1.82, 2.24) is 5.43 Å². The summed E-state index contributed by atoms with van der Waals surface area (Å²) in [7, 11) is 0. The van der Waals surface area contributed by atoms with Gasteiger partial charge < -0.3 is 0 Å². The maximum Gasteiger partial charge on any atom is 0.269 e. The van der Waals surface area contributed by atoms with E-state index in [1.54, 1.807) is 0 Å². The summed E-state index contributed by atoms with van der Waals surface area (Å²) in [6, 6.07) is 0. The Morgan fingerprint density at radius 2 is 2.07 bits per heavy atom. The fourth-order valence-electron chi connectivity index (χ4n) is 1.77. The lowest BCUT2D eigenvalue weighted by Crippen LogP contribution is -2.52. The lowest BCUT2D eigenvalue weighted by molar-refractivity contribution is -0.353. The van der Waals surface area contributed by atoms with E-state index in [-0.39, 0.29) is 5.91 Å². The molecule has 14 heavy (non-hydrogen) atoms. The second-order valence-electron chi connectivity index (χ2n) is 3.52. The minimum absolute atomic E-state index is 0.286. The van der Waals surface area contributed by atoms with E-state index in [2.05, 4.69) is 5.43 Å². The van der Waals surface area contributed by atoms with Crippen LogP contribution in [0.2, 0.25) is 0 Å². The van der Waals surface area contributed by atoms with Crippen molar-refractivity contribution in [3.05, 3.63) is 0 Å². The standard InChI is InChI=1S/C9H18N2O3/c1-2-13-14-9(8(12)11-10)6-4-3-5-7-9/h2-7,10H2,1H3,(H,11,12). The van der Waals surface area contributed by atoms with Gasteiger partial charge in [0.05, 0.1) is 6.61 Å². The van der Waals surface area contributed by atoms with Crippen LogP contribution in [-0.4, -0.2) is 18.1 Å². The maximum atomic E-state index is 11.6. The number of rotatable bonds is 4. The monoisotopic (exact) mass is 202 g/mol. The Bertz CT molecular complexity index is 190. The number of amides is 1. The van der Waals surface area contributed by atoms with E-state index in [9.17, 15) is 4.79 Å². The average Bonchev–Trinajstić information content (AvgIpc) is 2.26. The summed E-state index contributed by atoms with van der Waals surface area (Å²) in [5, 5.41) is 0. The zero-order chi connectivity index (χ0) is 10.4. The van der Waals surface area contributed by atoms with Gasteiger partial charge in [0.25, 0.3) is 5.91 Å². The van der Waals surface area contributed by atoms with Gasteiger partial charge in [0, 0.05) is 0 Å². The number of hydrazine groups is 1. The molecule has 0 aliphatic heterocycles. The topological polar surface area (TPSA) is 73.6 Å². The molecule has 5 nitrogen and oxygen atoms in total. The van der Waals surface area contributed by atoms with E-state index < -0.39 is 5.60 Å². The smallest absolute Gasteiger partial charge is 0.269 e. The van der Waals surface area contributed by atoms with Gasteiger partial charge in [-0.05, 0) is 32.6 Å². The SMILES string of the molecule is CCOOC1(C(=O)NN)CCCCC1. The molecular formula is C9H18N2O3. The van der Waals surface area contributed by atoms with Crippen molar-refractivity contribution in [3.8, 4) is 0 Å². The zero-order valence-electron chi connectivity index (χ0n) is 8.54. The van der Waals surface area contributed by atoms with Gasteiger partial charge in [-0.2, -0.15) is 0 Å². The van der Waals surface area contributed by atoms with Crippen molar-refractivity contribution < 1.29 is 14.6 Å². The van der Waals surface area contributed by atoms with E-state index in [1.165, 1.54) is 0 Å². The Kier molecular flexibility index (Phi) is 4.31. The van der Waals surface area contributed by atoms with Gasteiger partial charge in [0.2, 0.25) is 0 Å². The summed E-state index contributed by atoms with van der Waals surface area (Å²) in [6.45, 7) is 2.25. The number of carbonyl (C=O) groups excluding carboxylic acids is 1. The van der Waals surface area contributed by atoms with Gasteiger partial charge in [-0.15, -0.1) is 0 Å². The predicted molar refractivity (Wildman–Crippen MR) is 50.9 cm³/mol. The first-order valence-corrected chi connectivity index (χ1v) is 5.07. The van der Waals surface area contributed by atoms with Crippen molar-refractivity contribution in [2.75, 3.05) is 6.61 Å². The molecule has 0 aromatic carbocycles. The van der Waals surface area contributed by atoms with Crippen molar-refractivity contribution in [3.63, 3.8) is 0 Å². The third-order valence-corrected chi connectivity index (χ3v) is 2.54. The first kappa shape index (κ1) is 11.4. The molecule has 1 saturated carbocycles. The molecule has 0 radical (unpaired) electrons. The highest BCUT2D eigenvalue weighted by Gasteiger charge is 2.41. The largest absolute Gasteiger partial charge is 0.292 e. The molecule has 1 aliphatic carbocycles. The maximum absolute atomic E-state index is 11.6. The Morgan fingerprint density at radius 1 is 1.43 bits per heavy atom. The van der Waals surface area contributed by atoms with Crippen molar-refractivity contribution in [1.29, 1.82) is 0 Å². The molecule has 0 saturated heterocycles. The molecule has 82 valence electrons. The summed E-state index contributed by atoms with van der Waals surface area (Å²) in [4.78, 5) is 21.6. The van der Waals surface area contributed by atoms with Crippen molar-refractivity contribution >= 4 is 5.91 Å². The van der Waals surface area contributed by atoms with E-state index in [1.807, 2.05) is 6.92 Å². The molecule has 0 atom stereocenters. The fraction of sp³-hybridized carbons (Fsp3) is 0.889. The van der Waals surface area contributed by atoms with E-state index in [0.29, 0.717) is 19.4 Å². The highest BCUT2D eigenvalue weighted by atomic mass is 17.2. The van der Waals surface area contributed by atoms with Gasteiger partial charge in [-0.25, -0.2) is 15.6 Å². The molecule has 0 aromatic rings. The summed E-state index contributed by atoms with van der Waals surface area (Å²) in [5.74, 6) is 4.84. The van der Waals surface area contributed by atoms with Crippen LogP contribution in [0.5, 0.6) is 0 Å². The van der Waals surface area contributed by atoms with E-state index >= 15 is 0 Å². The Balaban J connectivity index is 2.61. The minimum atomic E-state index is -0.858. The van der Waals surface area contributed by atoms with Crippen LogP contribution < -0.4 is 11.3 Å². The highest BCUT2D eigenvalue weighted by molar-refractivity contribution is 5.84. The minimum Gasteiger partial charge on any atom is -0.292 e. The van der Waals surface area contributed by atoms with Crippen LogP contribution >= 0.6 is 0 Å². The summed E-state index contributed by atoms with van der Waals surface area (Å²) in [5.41, 5.74) is 1.28. The normalized spacial score (nSPS) is 20.4. The third kappa shape index (κ3) is 2.43. The Hall–Kier alpha value is -0.650. The molecule has 0 bridgehead atoms. The quantitative estimate of drug-likeness (QED) is 0.304. The second-order valence-corrected chi connectivity index (χ2v) is 3.52. The second kappa shape index (κ2) is 5.29. The van der Waals surface area contributed by atoms with Crippen LogP contribution in [0.25, 0.3) is 0 Å². The number of nitrogens with one attached hydrogen (secondary N) is 1. The highest BCUT2D eigenvalue weighted by Crippen LogP contribution is 2.31. The zero-order valence-corrected chi connectivity index (χ0v) is 8.54. The van der Waals surface area contributed by atoms with Crippen LogP contribution in [0.1, 0.15) is 39.0 Å². The number of hydrogen-bond donors (Lipinski definition) is 2. The number of nitrogens with two attached hydrogens (primary N) is 1. The Morgan fingerprint density at radius 3 is 2.57 bits per heavy atom. The molecule has 0 heterocycles. The van der Waals surface area contributed by atoms with Gasteiger partial charge in [-0.1, -0.05) is 6.42 Å². The third-order valence-electron chi connectivity index (χ3n) is 2.54. The molecule has 1 fully saturated rings. The lowest BCUT2D eigenvalue weighted by Gasteiger charge is -2.33. The first-order chi connectivity index (χ1) is 6.75. The molecular weight excluding hydrogens is 184 g/mol. The number of carbonyl (C=O) groups is 1. The lowest BCUT2D eigenvalue weighted by atomic mass is 9.84. The average molecular weight is 202 g/mol. The van der Waals surface area contributed by atoms with Crippen molar-refractivity contribution in [2.24, 2.45) is 5.84 Å². The summed E-state index contributed by atoms with van der Waals surface area (Å²) in [6.07, 6.45) is 4.43.